The van der Waals surface area contributed by atoms with Crippen molar-refractivity contribution in [3.63, 3.8) is 0 Å². The smallest absolute Gasteiger partial charge is 0.234 e. The number of fused-ring (bicyclic) bond motifs is 1. The summed E-state index contributed by atoms with van der Waals surface area (Å²) in [5, 5.41) is 9.42. The van der Waals surface area contributed by atoms with E-state index in [-0.39, 0.29) is 5.91 Å². The van der Waals surface area contributed by atoms with Gasteiger partial charge in [-0.2, -0.15) is 0 Å². The summed E-state index contributed by atoms with van der Waals surface area (Å²) in [6, 6.07) is 0.805. The van der Waals surface area contributed by atoms with E-state index in [2.05, 4.69) is 16.0 Å². The van der Waals surface area contributed by atoms with Crippen molar-refractivity contribution in [2.24, 2.45) is 0 Å². The van der Waals surface area contributed by atoms with E-state index >= 15 is 0 Å². The van der Waals surface area contributed by atoms with Gasteiger partial charge in [-0.15, -0.1) is 0 Å². The molecule has 0 aliphatic carbocycles. The lowest BCUT2D eigenvalue weighted by atomic mass is 9.99. The zero-order valence-electron chi connectivity index (χ0n) is 6.39. The Morgan fingerprint density at radius 3 is 3.18 bits per heavy atom. The Bertz CT molecular complexity index is 171. The van der Waals surface area contributed by atoms with Crippen LogP contribution in [-0.4, -0.2) is 37.6 Å². The van der Waals surface area contributed by atoms with Gasteiger partial charge in [0, 0.05) is 12.6 Å². The first-order valence-corrected chi connectivity index (χ1v) is 4.10. The maximum absolute atomic E-state index is 10.9. The molecule has 2 saturated heterocycles. The van der Waals surface area contributed by atoms with Crippen LogP contribution in [-0.2, 0) is 4.79 Å². The fraction of sp³-hybridized carbons (Fsp3) is 0.857. The Balaban J connectivity index is 1.98. The van der Waals surface area contributed by atoms with Gasteiger partial charge in [0.2, 0.25) is 5.91 Å². The average molecular weight is 155 g/mol. The second-order valence-electron chi connectivity index (χ2n) is 3.15. The van der Waals surface area contributed by atoms with Gasteiger partial charge in [0.25, 0.3) is 0 Å². The van der Waals surface area contributed by atoms with Crippen LogP contribution in [0.3, 0.4) is 0 Å². The van der Waals surface area contributed by atoms with Crippen LogP contribution in [0, 0.1) is 0 Å². The van der Waals surface area contributed by atoms with Gasteiger partial charge in [-0.3, -0.25) is 4.79 Å². The second kappa shape index (κ2) is 2.79. The van der Waals surface area contributed by atoms with Crippen LogP contribution in [0.25, 0.3) is 0 Å². The van der Waals surface area contributed by atoms with E-state index in [1.165, 1.54) is 0 Å². The van der Waals surface area contributed by atoms with Crippen LogP contribution in [0.1, 0.15) is 6.42 Å². The van der Waals surface area contributed by atoms with Gasteiger partial charge in [-0.05, 0) is 13.0 Å². The molecule has 2 aliphatic rings. The minimum absolute atomic E-state index is 0.120. The summed E-state index contributed by atoms with van der Waals surface area (Å²) in [5.41, 5.74) is 0. The van der Waals surface area contributed by atoms with Crippen molar-refractivity contribution in [2.75, 3.05) is 19.6 Å². The number of hydrogen-bond donors (Lipinski definition) is 3. The van der Waals surface area contributed by atoms with Gasteiger partial charge in [0.05, 0.1) is 12.6 Å². The number of nitrogens with one attached hydrogen (secondary N) is 3. The molecule has 2 atom stereocenters. The molecule has 4 nitrogen and oxygen atoms in total. The predicted octanol–water partition coefficient (Wildman–Crippen LogP) is -1.56. The van der Waals surface area contributed by atoms with E-state index in [1.807, 2.05) is 0 Å². The van der Waals surface area contributed by atoms with Crippen LogP contribution in [0.15, 0.2) is 0 Å². The largest absolute Gasteiger partial charge is 0.349 e. The van der Waals surface area contributed by atoms with E-state index in [9.17, 15) is 4.79 Å². The van der Waals surface area contributed by atoms with Gasteiger partial charge in [0.15, 0.2) is 0 Å². The molecule has 0 aromatic rings. The Hall–Kier alpha value is -0.610. The molecule has 0 saturated carbocycles. The van der Waals surface area contributed by atoms with Crippen molar-refractivity contribution in [2.45, 2.75) is 18.5 Å². The zero-order valence-corrected chi connectivity index (χ0v) is 6.39. The topological polar surface area (TPSA) is 53.2 Å². The number of amides is 1. The molecule has 2 rings (SSSR count). The molecule has 0 radical (unpaired) electrons. The first-order valence-electron chi connectivity index (χ1n) is 4.10. The van der Waals surface area contributed by atoms with Crippen LogP contribution in [0.4, 0.5) is 0 Å². The van der Waals surface area contributed by atoms with Crippen LogP contribution in [0.2, 0.25) is 0 Å². The van der Waals surface area contributed by atoms with E-state index in [4.69, 9.17) is 0 Å². The number of hydrogen-bond acceptors (Lipinski definition) is 3. The molecule has 0 unspecified atom stereocenters. The quantitative estimate of drug-likeness (QED) is 0.396. The lowest BCUT2D eigenvalue weighted by Gasteiger charge is -2.36. The minimum Gasteiger partial charge on any atom is -0.349 e. The van der Waals surface area contributed by atoms with Crippen LogP contribution in [0.5, 0.6) is 0 Å². The van der Waals surface area contributed by atoms with Crippen molar-refractivity contribution in [1.29, 1.82) is 0 Å². The summed E-state index contributed by atoms with van der Waals surface area (Å²) in [6.07, 6.45) is 1.12. The normalized spacial score (nSPS) is 37.6. The highest BCUT2D eigenvalue weighted by molar-refractivity contribution is 5.79. The summed E-state index contributed by atoms with van der Waals surface area (Å²) in [5.74, 6) is 0.120. The molecule has 3 N–H and O–H groups in total. The molecular formula is C7H13N3O. The van der Waals surface area contributed by atoms with Crippen molar-refractivity contribution >= 4 is 5.91 Å². The molecule has 2 aliphatic heterocycles. The number of carbonyl (C=O) groups is 1. The predicted molar refractivity (Wildman–Crippen MR) is 41.2 cm³/mol. The summed E-state index contributed by atoms with van der Waals surface area (Å²) in [4.78, 5) is 10.9. The first-order chi connectivity index (χ1) is 5.36. The molecule has 0 bridgehead atoms. The molecule has 0 aromatic carbocycles. The lowest BCUT2D eigenvalue weighted by molar-refractivity contribution is -0.123. The Labute approximate surface area is 65.7 Å². The van der Waals surface area contributed by atoms with Gasteiger partial charge in [0.1, 0.15) is 0 Å². The summed E-state index contributed by atoms with van der Waals surface area (Å²) in [6.45, 7) is 2.45. The summed E-state index contributed by atoms with van der Waals surface area (Å²) < 4.78 is 0. The maximum atomic E-state index is 10.9. The summed E-state index contributed by atoms with van der Waals surface area (Å²) in [7, 11) is 0. The highest BCUT2D eigenvalue weighted by Gasteiger charge is 2.29. The average Bonchev–Trinajstić information content (AvgIpc) is 2.04. The molecule has 4 heteroatoms. The number of rotatable bonds is 0. The SMILES string of the molecule is O=C1CN[C@@H]2CCNC[C@@H]2N1. The molecule has 11 heavy (non-hydrogen) atoms. The van der Waals surface area contributed by atoms with Crippen LogP contribution >= 0.6 is 0 Å². The standard InChI is InChI=1S/C7H13N3O/c11-7-4-9-5-1-2-8-3-6(5)10-7/h5-6,8-9H,1-4H2,(H,10,11)/t5-,6+/m1/s1. The van der Waals surface area contributed by atoms with E-state index < -0.39 is 0 Å². The summed E-state index contributed by atoms with van der Waals surface area (Å²) >= 11 is 0. The minimum atomic E-state index is 0.120. The lowest BCUT2D eigenvalue weighted by Crippen LogP contribution is -2.64. The van der Waals surface area contributed by atoms with Crippen molar-refractivity contribution in [3.8, 4) is 0 Å². The Kier molecular flexibility index (Phi) is 1.79. The zero-order chi connectivity index (χ0) is 7.68. The maximum Gasteiger partial charge on any atom is 0.234 e. The highest BCUT2D eigenvalue weighted by Crippen LogP contribution is 2.05. The fourth-order valence-corrected chi connectivity index (χ4v) is 1.74. The highest BCUT2D eigenvalue weighted by atomic mass is 16.2. The molecule has 0 aromatic heterocycles. The van der Waals surface area contributed by atoms with E-state index in [0.717, 1.165) is 19.5 Å². The van der Waals surface area contributed by atoms with Crippen molar-refractivity contribution in [1.82, 2.24) is 16.0 Å². The number of piperazine rings is 1. The van der Waals surface area contributed by atoms with Gasteiger partial charge in [-0.25, -0.2) is 0 Å². The molecule has 2 heterocycles. The van der Waals surface area contributed by atoms with E-state index in [1.54, 1.807) is 0 Å². The number of carbonyl (C=O) groups excluding carboxylic acids is 1. The molecule has 2 fully saturated rings. The Morgan fingerprint density at radius 1 is 1.36 bits per heavy atom. The monoisotopic (exact) mass is 155 g/mol. The molecule has 62 valence electrons. The first kappa shape index (κ1) is 7.06. The fourth-order valence-electron chi connectivity index (χ4n) is 1.74. The Morgan fingerprint density at radius 2 is 2.27 bits per heavy atom. The van der Waals surface area contributed by atoms with Crippen LogP contribution < -0.4 is 16.0 Å². The van der Waals surface area contributed by atoms with Gasteiger partial charge < -0.3 is 16.0 Å². The van der Waals surface area contributed by atoms with Crippen molar-refractivity contribution < 1.29 is 4.79 Å². The third kappa shape index (κ3) is 1.36. The number of piperidine rings is 1. The van der Waals surface area contributed by atoms with E-state index in [0.29, 0.717) is 18.6 Å². The molecule has 1 amide bonds. The van der Waals surface area contributed by atoms with Gasteiger partial charge in [-0.1, -0.05) is 0 Å². The molecule has 0 spiro atoms. The molecular weight excluding hydrogens is 142 g/mol. The third-order valence-corrected chi connectivity index (χ3v) is 2.35. The van der Waals surface area contributed by atoms with Gasteiger partial charge >= 0.3 is 0 Å². The third-order valence-electron chi connectivity index (χ3n) is 2.35. The second-order valence-corrected chi connectivity index (χ2v) is 3.15. The van der Waals surface area contributed by atoms with Crippen molar-refractivity contribution in [3.05, 3.63) is 0 Å².